The van der Waals surface area contributed by atoms with Crippen LogP contribution in [0.4, 0.5) is 0 Å². The zero-order valence-electron chi connectivity index (χ0n) is 11.7. The maximum atomic E-state index is 12.5. The molecule has 20 heavy (non-hydrogen) atoms. The summed E-state index contributed by atoms with van der Waals surface area (Å²) < 4.78 is 0. The second-order valence-corrected chi connectivity index (χ2v) is 6.06. The van der Waals surface area contributed by atoms with Crippen molar-refractivity contribution in [2.75, 3.05) is 13.6 Å². The summed E-state index contributed by atoms with van der Waals surface area (Å²) >= 11 is 1.61. The standard InChI is InChI=1S/C15H19N3OS/c1-11-17-9-13(20-11)10-18(2)15(19)14(8-16)12-6-4-3-5-7-12/h3-7,9,14H,8,10,16H2,1-2H3. The maximum Gasteiger partial charge on any atom is 0.231 e. The highest BCUT2D eigenvalue weighted by Gasteiger charge is 2.22. The fourth-order valence-corrected chi connectivity index (χ4v) is 2.97. The Bertz CT molecular complexity index is 568. The molecule has 1 amide bonds. The van der Waals surface area contributed by atoms with E-state index in [9.17, 15) is 4.79 Å². The number of thiazole rings is 1. The molecular weight excluding hydrogens is 270 g/mol. The Morgan fingerprint density at radius 1 is 1.40 bits per heavy atom. The van der Waals surface area contributed by atoms with Crippen LogP contribution in [0.15, 0.2) is 36.5 Å². The van der Waals surface area contributed by atoms with Crippen LogP contribution in [0.3, 0.4) is 0 Å². The van der Waals surface area contributed by atoms with Gasteiger partial charge in [0.1, 0.15) is 0 Å². The van der Waals surface area contributed by atoms with E-state index >= 15 is 0 Å². The van der Waals surface area contributed by atoms with E-state index in [1.54, 1.807) is 16.2 Å². The third-order valence-corrected chi connectivity index (χ3v) is 4.07. The molecule has 0 aliphatic heterocycles. The Morgan fingerprint density at radius 2 is 2.10 bits per heavy atom. The number of nitrogens with zero attached hydrogens (tertiary/aromatic N) is 2. The third-order valence-electron chi connectivity index (χ3n) is 3.17. The summed E-state index contributed by atoms with van der Waals surface area (Å²) in [5.74, 6) is -0.236. The number of hydrogen-bond acceptors (Lipinski definition) is 4. The highest BCUT2D eigenvalue weighted by molar-refractivity contribution is 7.11. The smallest absolute Gasteiger partial charge is 0.231 e. The minimum atomic E-state index is -0.282. The van der Waals surface area contributed by atoms with Gasteiger partial charge in [0.2, 0.25) is 5.91 Å². The molecule has 1 aromatic carbocycles. The topological polar surface area (TPSA) is 59.2 Å². The molecule has 0 fully saturated rings. The van der Waals surface area contributed by atoms with E-state index in [-0.39, 0.29) is 11.8 Å². The van der Waals surface area contributed by atoms with E-state index in [1.165, 1.54) is 0 Å². The number of benzene rings is 1. The molecule has 0 aliphatic carbocycles. The van der Waals surface area contributed by atoms with E-state index in [0.29, 0.717) is 13.1 Å². The van der Waals surface area contributed by atoms with Crippen LogP contribution >= 0.6 is 11.3 Å². The van der Waals surface area contributed by atoms with Crippen molar-refractivity contribution in [1.29, 1.82) is 0 Å². The van der Waals surface area contributed by atoms with Gasteiger partial charge in [0.15, 0.2) is 0 Å². The molecule has 2 aromatic rings. The van der Waals surface area contributed by atoms with Crippen molar-refractivity contribution in [2.45, 2.75) is 19.4 Å². The highest BCUT2D eigenvalue weighted by atomic mass is 32.1. The first-order valence-corrected chi connectivity index (χ1v) is 7.34. The van der Waals surface area contributed by atoms with Gasteiger partial charge in [-0.25, -0.2) is 4.98 Å². The van der Waals surface area contributed by atoms with E-state index < -0.39 is 0 Å². The molecule has 1 unspecified atom stereocenters. The largest absolute Gasteiger partial charge is 0.340 e. The first-order chi connectivity index (χ1) is 9.61. The predicted octanol–water partition coefficient (Wildman–Crippen LogP) is 2.15. The molecule has 106 valence electrons. The van der Waals surface area contributed by atoms with Gasteiger partial charge in [-0.1, -0.05) is 30.3 Å². The van der Waals surface area contributed by atoms with Crippen LogP contribution in [0.5, 0.6) is 0 Å². The van der Waals surface area contributed by atoms with Gasteiger partial charge in [-0.2, -0.15) is 0 Å². The highest BCUT2D eigenvalue weighted by Crippen LogP contribution is 2.19. The summed E-state index contributed by atoms with van der Waals surface area (Å²) in [7, 11) is 1.81. The van der Waals surface area contributed by atoms with E-state index in [4.69, 9.17) is 5.73 Å². The number of carbonyl (C=O) groups is 1. The van der Waals surface area contributed by atoms with Crippen LogP contribution in [-0.2, 0) is 11.3 Å². The zero-order valence-corrected chi connectivity index (χ0v) is 12.6. The summed E-state index contributed by atoms with van der Waals surface area (Å²) in [6.45, 7) is 2.85. The molecule has 1 heterocycles. The molecule has 0 spiro atoms. The third kappa shape index (κ3) is 3.43. The van der Waals surface area contributed by atoms with Gasteiger partial charge in [-0.15, -0.1) is 11.3 Å². The molecule has 2 rings (SSSR count). The monoisotopic (exact) mass is 289 g/mol. The minimum Gasteiger partial charge on any atom is -0.340 e. The van der Waals surface area contributed by atoms with Crippen LogP contribution in [0.1, 0.15) is 21.4 Å². The summed E-state index contributed by atoms with van der Waals surface area (Å²) in [6, 6.07) is 9.68. The summed E-state index contributed by atoms with van der Waals surface area (Å²) in [6.07, 6.45) is 1.82. The Balaban J connectivity index is 2.08. The zero-order chi connectivity index (χ0) is 14.5. The lowest BCUT2D eigenvalue weighted by Crippen LogP contribution is -2.34. The number of carbonyl (C=O) groups excluding carboxylic acids is 1. The number of amides is 1. The van der Waals surface area contributed by atoms with Crippen molar-refractivity contribution < 1.29 is 4.79 Å². The van der Waals surface area contributed by atoms with Crippen LogP contribution in [0.2, 0.25) is 0 Å². The Labute approximate surface area is 123 Å². The van der Waals surface area contributed by atoms with Crippen LogP contribution in [0.25, 0.3) is 0 Å². The molecule has 0 saturated carbocycles. The molecule has 1 atom stereocenters. The molecule has 0 bridgehead atoms. The number of nitrogens with two attached hydrogens (primary N) is 1. The van der Waals surface area contributed by atoms with Crippen molar-refractivity contribution in [3.8, 4) is 0 Å². The lowest BCUT2D eigenvalue weighted by atomic mass is 9.98. The Hall–Kier alpha value is -1.72. The Morgan fingerprint density at radius 3 is 2.65 bits per heavy atom. The number of likely N-dealkylation sites (N-methyl/N-ethyl adjacent to an activating group) is 1. The van der Waals surface area contributed by atoms with Gasteiger partial charge in [0, 0.05) is 24.7 Å². The van der Waals surface area contributed by atoms with Crippen LogP contribution < -0.4 is 5.73 Å². The lowest BCUT2D eigenvalue weighted by molar-refractivity contribution is -0.131. The van der Waals surface area contributed by atoms with Crippen LogP contribution in [-0.4, -0.2) is 29.4 Å². The van der Waals surface area contributed by atoms with Crippen molar-refractivity contribution in [3.05, 3.63) is 52.0 Å². The normalized spacial score (nSPS) is 12.2. The lowest BCUT2D eigenvalue weighted by Gasteiger charge is -2.22. The van der Waals surface area contributed by atoms with Gasteiger partial charge >= 0.3 is 0 Å². The van der Waals surface area contributed by atoms with Crippen LogP contribution in [0, 0.1) is 6.92 Å². The summed E-state index contributed by atoms with van der Waals surface area (Å²) in [5, 5.41) is 1.01. The second kappa shape index (κ2) is 6.63. The average Bonchev–Trinajstić information content (AvgIpc) is 2.86. The van der Waals surface area contributed by atoms with Crippen molar-refractivity contribution in [3.63, 3.8) is 0 Å². The molecule has 0 saturated heterocycles. The van der Waals surface area contributed by atoms with Gasteiger partial charge in [-0.05, 0) is 12.5 Å². The number of rotatable bonds is 5. The van der Waals surface area contributed by atoms with Crippen molar-refractivity contribution in [1.82, 2.24) is 9.88 Å². The van der Waals surface area contributed by atoms with E-state index in [2.05, 4.69) is 4.98 Å². The van der Waals surface area contributed by atoms with Gasteiger partial charge in [-0.3, -0.25) is 4.79 Å². The second-order valence-electron chi connectivity index (χ2n) is 4.74. The van der Waals surface area contributed by atoms with E-state index in [0.717, 1.165) is 15.4 Å². The van der Waals surface area contributed by atoms with Crippen molar-refractivity contribution in [2.24, 2.45) is 5.73 Å². The first-order valence-electron chi connectivity index (χ1n) is 6.53. The molecular formula is C15H19N3OS. The number of hydrogen-bond donors (Lipinski definition) is 1. The molecule has 2 N–H and O–H groups in total. The minimum absolute atomic E-state index is 0.0461. The maximum absolute atomic E-state index is 12.5. The van der Waals surface area contributed by atoms with E-state index in [1.807, 2.05) is 50.5 Å². The molecule has 0 aliphatic rings. The SMILES string of the molecule is Cc1ncc(CN(C)C(=O)C(CN)c2ccccc2)s1. The summed E-state index contributed by atoms with van der Waals surface area (Å²) in [5.41, 5.74) is 6.75. The molecule has 1 aromatic heterocycles. The molecule has 4 nitrogen and oxygen atoms in total. The van der Waals surface area contributed by atoms with Gasteiger partial charge < -0.3 is 10.6 Å². The quantitative estimate of drug-likeness (QED) is 0.917. The van der Waals surface area contributed by atoms with Crippen molar-refractivity contribution >= 4 is 17.2 Å². The molecule has 0 radical (unpaired) electrons. The number of aromatic nitrogens is 1. The first kappa shape index (κ1) is 14.7. The molecule has 5 heteroatoms. The van der Waals surface area contributed by atoms with Gasteiger partial charge in [0.25, 0.3) is 0 Å². The fourth-order valence-electron chi connectivity index (χ4n) is 2.12. The van der Waals surface area contributed by atoms with Gasteiger partial charge in [0.05, 0.1) is 17.5 Å². The Kier molecular flexibility index (Phi) is 4.87. The number of aryl methyl sites for hydroxylation is 1. The average molecular weight is 289 g/mol. The summed E-state index contributed by atoms with van der Waals surface area (Å²) in [4.78, 5) is 19.5. The predicted molar refractivity (Wildman–Crippen MR) is 81.6 cm³/mol. The fraction of sp³-hybridized carbons (Fsp3) is 0.333.